The predicted molar refractivity (Wildman–Crippen MR) is 93.1 cm³/mol. The van der Waals surface area contributed by atoms with Crippen molar-refractivity contribution in [3.8, 4) is 6.07 Å². The van der Waals surface area contributed by atoms with Crippen LogP contribution in [0.1, 0.15) is 38.3 Å². The van der Waals surface area contributed by atoms with Crippen molar-refractivity contribution in [2.45, 2.75) is 51.5 Å². The van der Waals surface area contributed by atoms with Crippen LogP contribution in [0.3, 0.4) is 0 Å². The van der Waals surface area contributed by atoms with Gasteiger partial charge in [0.25, 0.3) is 0 Å². The molecule has 1 aromatic rings. The van der Waals surface area contributed by atoms with Crippen LogP contribution in [-0.2, 0) is 25.6 Å². The molecule has 26 heavy (non-hydrogen) atoms. The second-order valence-electron chi connectivity index (χ2n) is 7.15. The zero-order valence-corrected chi connectivity index (χ0v) is 15.5. The largest absolute Gasteiger partial charge is 0.467 e. The molecule has 1 aromatic carbocycles. The molecule has 1 saturated heterocycles. The number of likely N-dealkylation sites (tertiary alicyclic amines) is 1. The molecule has 1 amide bonds. The molecule has 1 aliphatic rings. The van der Waals surface area contributed by atoms with Gasteiger partial charge in [-0.2, -0.15) is 5.26 Å². The van der Waals surface area contributed by atoms with Crippen molar-refractivity contribution in [3.05, 3.63) is 35.4 Å². The summed E-state index contributed by atoms with van der Waals surface area (Å²) in [5, 5.41) is 8.82. The molecule has 1 heterocycles. The third-order valence-electron chi connectivity index (χ3n) is 3.93. The average Bonchev–Trinajstić information content (AvgIpc) is 3.03. The van der Waals surface area contributed by atoms with E-state index in [4.69, 9.17) is 19.5 Å². The SMILES string of the molecule is COC(=O)[C@@H]1C[C@H](OCc2ccc(C#N)cc2)CN1C(=O)OC(C)(C)C. The summed E-state index contributed by atoms with van der Waals surface area (Å²) in [5.74, 6) is -0.486. The lowest BCUT2D eigenvalue weighted by Crippen LogP contribution is -2.44. The van der Waals surface area contributed by atoms with Crippen molar-refractivity contribution in [2.75, 3.05) is 13.7 Å². The van der Waals surface area contributed by atoms with Crippen LogP contribution in [0.4, 0.5) is 4.79 Å². The normalized spacial score (nSPS) is 19.7. The number of benzene rings is 1. The molecule has 0 radical (unpaired) electrons. The fourth-order valence-electron chi connectivity index (χ4n) is 2.69. The Balaban J connectivity index is 2.00. The van der Waals surface area contributed by atoms with Gasteiger partial charge in [0.1, 0.15) is 11.6 Å². The lowest BCUT2D eigenvalue weighted by Gasteiger charge is -2.27. The van der Waals surface area contributed by atoms with Crippen LogP contribution < -0.4 is 0 Å². The maximum absolute atomic E-state index is 12.4. The highest BCUT2D eigenvalue weighted by Crippen LogP contribution is 2.25. The zero-order valence-electron chi connectivity index (χ0n) is 15.5. The van der Waals surface area contributed by atoms with Crippen LogP contribution in [0.15, 0.2) is 24.3 Å². The molecule has 0 unspecified atom stereocenters. The standard InChI is InChI=1S/C19H24N2O5/c1-19(2,3)26-18(23)21-11-15(9-16(21)17(22)24-4)25-12-14-7-5-13(10-20)6-8-14/h5-8,15-16H,9,11-12H2,1-4H3/t15-,16-/m0/s1. The molecule has 0 spiro atoms. The maximum atomic E-state index is 12.4. The van der Waals surface area contributed by atoms with Crippen LogP contribution >= 0.6 is 0 Å². The molecule has 0 bridgehead atoms. The molecule has 7 heteroatoms. The highest BCUT2D eigenvalue weighted by molar-refractivity contribution is 5.82. The van der Waals surface area contributed by atoms with Gasteiger partial charge >= 0.3 is 12.1 Å². The fraction of sp³-hybridized carbons (Fsp3) is 0.526. The van der Waals surface area contributed by atoms with Crippen molar-refractivity contribution in [2.24, 2.45) is 0 Å². The molecule has 1 aliphatic heterocycles. The van der Waals surface area contributed by atoms with Gasteiger partial charge in [-0.1, -0.05) is 12.1 Å². The number of ether oxygens (including phenoxy) is 3. The lowest BCUT2D eigenvalue weighted by molar-refractivity contribution is -0.145. The number of hydrogen-bond donors (Lipinski definition) is 0. The smallest absolute Gasteiger partial charge is 0.411 e. The van der Waals surface area contributed by atoms with E-state index in [2.05, 4.69) is 6.07 Å². The minimum atomic E-state index is -0.721. The molecule has 0 aromatic heterocycles. The number of carbonyl (C=O) groups excluding carboxylic acids is 2. The Morgan fingerprint density at radius 1 is 1.27 bits per heavy atom. The highest BCUT2D eigenvalue weighted by Gasteiger charge is 2.42. The number of hydrogen-bond acceptors (Lipinski definition) is 6. The van der Waals surface area contributed by atoms with Gasteiger partial charge in [0, 0.05) is 6.42 Å². The Bertz CT molecular complexity index is 687. The van der Waals surface area contributed by atoms with Crippen LogP contribution in [0.2, 0.25) is 0 Å². The fourth-order valence-corrected chi connectivity index (χ4v) is 2.69. The molecule has 2 atom stereocenters. The summed E-state index contributed by atoms with van der Waals surface area (Å²) >= 11 is 0. The molecule has 140 valence electrons. The summed E-state index contributed by atoms with van der Waals surface area (Å²) < 4.78 is 16.0. The minimum Gasteiger partial charge on any atom is -0.467 e. The van der Waals surface area contributed by atoms with Crippen LogP contribution in [-0.4, -0.2) is 48.4 Å². The number of amides is 1. The summed E-state index contributed by atoms with van der Waals surface area (Å²) in [4.78, 5) is 25.8. The van der Waals surface area contributed by atoms with E-state index in [0.717, 1.165) is 5.56 Å². The number of rotatable bonds is 4. The Kier molecular flexibility index (Phi) is 6.22. The van der Waals surface area contributed by atoms with Gasteiger partial charge in [0.05, 0.1) is 38.0 Å². The quantitative estimate of drug-likeness (QED) is 0.767. The average molecular weight is 360 g/mol. The van der Waals surface area contributed by atoms with Crippen molar-refractivity contribution in [3.63, 3.8) is 0 Å². The summed E-state index contributed by atoms with van der Waals surface area (Å²) in [6.45, 7) is 5.89. The molecule has 2 rings (SSSR count). The van der Waals surface area contributed by atoms with Crippen LogP contribution in [0.5, 0.6) is 0 Å². The third-order valence-corrected chi connectivity index (χ3v) is 3.93. The first kappa shape index (κ1) is 19.7. The number of nitrogens with zero attached hydrogens (tertiary/aromatic N) is 2. The van der Waals surface area contributed by atoms with Gasteiger partial charge in [0.2, 0.25) is 0 Å². The van der Waals surface area contributed by atoms with Crippen molar-refractivity contribution in [1.82, 2.24) is 4.90 Å². The zero-order chi connectivity index (χ0) is 19.3. The van der Waals surface area contributed by atoms with E-state index >= 15 is 0 Å². The number of esters is 1. The summed E-state index contributed by atoms with van der Waals surface area (Å²) in [6, 6.07) is 8.41. The molecule has 7 nitrogen and oxygen atoms in total. The van der Waals surface area contributed by atoms with Crippen LogP contribution in [0, 0.1) is 11.3 Å². The third kappa shape index (κ3) is 5.20. The Morgan fingerprint density at radius 3 is 2.46 bits per heavy atom. The first-order valence-corrected chi connectivity index (χ1v) is 8.41. The summed E-state index contributed by atoms with van der Waals surface area (Å²) in [6.07, 6.45) is -0.512. The van der Waals surface area contributed by atoms with Gasteiger partial charge < -0.3 is 14.2 Å². The summed E-state index contributed by atoms with van der Waals surface area (Å²) in [7, 11) is 1.29. The number of nitriles is 1. The van der Waals surface area contributed by atoms with Crippen molar-refractivity contribution < 1.29 is 23.8 Å². The number of methoxy groups -OCH3 is 1. The van der Waals surface area contributed by atoms with Gasteiger partial charge in [-0.3, -0.25) is 4.90 Å². The molecule has 0 N–H and O–H groups in total. The van der Waals surface area contributed by atoms with Gasteiger partial charge in [-0.05, 0) is 38.5 Å². The van der Waals surface area contributed by atoms with Gasteiger partial charge in [-0.15, -0.1) is 0 Å². The highest BCUT2D eigenvalue weighted by atomic mass is 16.6. The predicted octanol–water partition coefficient (Wildman–Crippen LogP) is 2.63. The Hall–Kier alpha value is -2.59. The van der Waals surface area contributed by atoms with E-state index in [0.29, 0.717) is 18.6 Å². The monoisotopic (exact) mass is 360 g/mol. The van der Waals surface area contributed by atoms with Crippen LogP contribution in [0.25, 0.3) is 0 Å². The molecule has 0 saturated carbocycles. The van der Waals surface area contributed by atoms with E-state index in [9.17, 15) is 9.59 Å². The van der Waals surface area contributed by atoms with Crippen molar-refractivity contribution >= 4 is 12.1 Å². The van der Waals surface area contributed by atoms with Gasteiger partial charge in [-0.25, -0.2) is 9.59 Å². The molecule has 0 aliphatic carbocycles. The molecular formula is C19H24N2O5. The second kappa shape index (κ2) is 8.19. The molecular weight excluding hydrogens is 336 g/mol. The van der Waals surface area contributed by atoms with E-state index in [1.165, 1.54) is 12.0 Å². The van der Waals surface area contributed by atoms with Crippen molar-refractivity contribution in [1.29, 1.82) is 5.26 Å². The summed E-state index contributed by atoms with van der Waals surface area (Å²) in [5.41, 5.74) is 0.838. The second-order valence-corrected chi connectivity index (χ2v) is 7.15. The Morgan fingerprint density at radius 2 is 1.92 bits per heavy atom. The molecule has 1 fully saturated rings. The number of carbonyl (C=O) groups is 2. The van der Waals surface area contributed by atoms with E-state index < -0.39 is 23.7 Å². The van der Waals surface area contributed by atoms with Gasteiger partial charge in [0.15, 0.2) is 0 Å². The maximum Gasteiger partial charge on any atom is 0.411 e. The Labute approximate surface area is 153 Å². The lowest BCUT2D eigenvalue weighted by atomic mass is 10.1. The first-order chi connectivity index (χ1) is 12.2. The van der Waals surface area contributed by atoms with E-state index in [-0.39, 0.29) is 12.6 Å². The topological polar surface area (TPSA) is 88.9 Å². The van der Waals surface area contributed by atoms with E-state index in [1.54, 1.807) is 32.9 Å². The van der Waals surface area contributed by atoms with E-state index in [1.807, 2.05) is 12.1 Å². The minimum absolute atomic E-state index is 0.255. The first-order valence-electron chi connectivity index (χ1n) is 8.41.